The Kier molecular flexibility index (Phi) is 17.9. The maximum absolute atomic E-state index is 9.00. The summed E-state index contributed by atoms with van der Waals surface area (Å²) in [5.41, 5.74) is 0. The number of alkyl halides is 2. The Hall–Kier alpha value is -0.560. The van der Waals surface area contributed by atoms with Crippen LogP contribution in [-0.2, 0) is 9.59 Å². The van der Waals surface area contributed by atoms with Gasteiger partial charge in [-0.05, 0) is 0 Å². The van der Waals surface area contributed by atoms with Gasteiger partial charge in [0.1, 0.15) is 0 Å². The summed E-state index contributed by atoms with van der Waals surface area (Å²) < 4.78 is 0. The predicted octanol–water partition coefficient (Wildman–Crippen LogP) is 0.325. The normalized spacial score (nSPS) is 10.3. The van der Waals surface area contributed by atoms with Gasteiger partial charge in [-0.3, -0.25) is 9.59 Å². The van der Waals surface area contributed by atoms with E-state index in [1.54, 1.807) is 0 Å². The molecule has 0 saturated carbocycles. The number of aliphatic hydroxyl groups is 2. The number of aliphatic carboxylic acids is 2. The second-order valence-electron chi connectivity index (χ2n) is 2.12. The molecule has 8 heteroatoms. The van der Waals surface area contributed by atoms with Gasteiger partial charge in [0, 0.05) is 19.7 Å². The highest BCUT2D eigenvalue weighted by Crippen LogP contribution is 2.00. The summed E-state index contributed by atoms with van der Waals surface area (Å²) in [6.07, 6.45) is -1.50. The Labute approximate surface area is 97.0 Å². The maximum Gasteiger partial charge on any atom is 0.300 e. The smallest absolute Gasteiger partial charge is 0.300 e. The van der Waals surface area contributed by atoms with Crippen molar-refractivity contribution in [3.05, 3.63) is 0 Å². The molecule has 0 aliphatic carbocycles. The highest BCUT2D eigenvalue weighted by Gasteiger charge is 2.09. The molecule has 15 heavy (non-hydrogen) atoms. The molecule has 6 nitrogen and oxygen atoms in total. The minimum absolute atomic E-state index is 0.0548. The monoisotopic (exact) mass is 264 g/mol. The molecule has 0 radical (unpaired) electrons. The standard InChI is InChI=1S/C3H6Cl2O2.2C2H4O2/c4-1-2(5)3(6)7;2*1-2(3)4/h2-3,6-7H,1H2;2*1H3,(H,3,4). The molecule has 0 spiro atoms. The fourth-order valence-corrected chi connectivity index (χ4v) is 0.239. The molecule has 1 atom stereocenters. The SMILES string of the molecule is CC(=O)O.CC(=O)O.OC(O)C(Cl)CCl. The quantitative estimate of drug-likeness (QED) is 0.422. The van der Waals surface area contributed by atoms with Crippen molar-refractivity contribution in [3.8, 4) is 0 Å². The van der Waals surface area contributed by atoms with E-state index in [0.29, 0.717) is 0 Å². The predicted molar refractivity (Wildman–Crippen MR) is 55.2 cm³/mol. The van der Waals surface area contributed by atoms with Crippen LogP contribution in [0.3, 0.4) is 0 Å². The second-order valence-corrected chi connectivity index (χ2v) is 2.99. The highest BCUT2D eigenvalue weighted by atomic mass is 35.5. The van der Waals surface area contributed by atoms with Crippen molar-refractivity contribution in [1.29, 1.82) is 0 Å². The average Bonchev–Trinajstić information content (AvgIpc) is 2.00. The summed E-state index contributed by atoms with van der Waals surface area (Å²) in [6, 6.07) is 0. The molecule has 0 aromatic heterocycles. The van der Waals surface area contributed by atoms with Crippen molar-refractivity contribution < 1.29 is 30.0 Å². The number of hydrogen-bond acceptors (Lipinski definition) is 4. The molecule has 0 aliphatic heterocycles. The van der Waals surface area contributed by atoms with E-state index in [2.05, 4.69) is 0 Å². The molecular formula is C7H14Cl2O6. The van der Waals surface area contributed by atoms with E-state index < -0.39 is 23.6 Å². The summed E-state index contributed by atoms with van der Waals surface area (Å²) in [4.78, 5) is 18.0. The van der Waals surface area contributed by atoms with Gasteiger partial charge in [0.05, 0.1) is 5.38 Å². The number of carbonyl (C=O) groups is 2. The number of halogens is 2. The summed E-state index contributed by atoms with van der Waals surface area (Å²) in [6.45, 7) is 2.17. The molecule has 0 amide bonds. The van der Waals surface area contributed by atoms with Crippen LogP contribution in [-0.4, -0.2) is 49.9 Å². The molecule has 92 valence electrons. The van der Waals surface area contributed by atoms with E-state index in [9.17, 15) is 0 Å². The fraction of sp³-hybridized carbons (Fsp3) is 0.714. The molecule has 0 bridgehead atoms. The Morgan fingerprint density at radius 1 is 1.13 bits per heavy atom. The summed E-state index contributed by atoms with van der Waals surface area (Å²) >= 11 is 10.3. The largest absolute Gasteiger partial charge is 0.481 e. The molecule has 0 aromatic rings. The zero-order valence-electron chi connectivity index (χ0n) is 8.22. The lowest BCUT2D eigenvalue weighted by molar-refractivity contribution is -0.135. The first kappa shape index (κ1) is 19.9. The lowest BCUT2D eigenvalue weighted by Gasteiger charge is -2.04. The van der Waals surface area contributed by atoms with Crippen molar-refractivity contribution in [1.82, 2.24) is 0 Å². The van der Waals surface area contributed by atoms with Gasteiger partial charge in [-0.1, -0.05) is 0 Å². The number of hydrogen-bond donors (Lipinski definition) is 4. The van der Waals surface area contributed by atoms with Crippen molar-refractivity contribution in [2.75, 3.05) is 5.88 Å². The number of carboxylic acid groups (broad SMARTS) is 2. The van der Waals surface area contributed by atoms with Crippen LogP contribution < -0.4 is 0 Å². The van der Waals surface area contributed by atoms with Gasteiger partial charge in [-0.15, -0.1) is 23.2 Å². The van der Waals surface area contributed by atoms with Crippen LogP contribution in [0, 0.1) is 0 Å². The molecule has 0 aliphatic rings. The Balaban J connectivity index is -0.000000155. The van der Waals surface area contributed by atoms with Crippen LogP contribution in [0.2, 0.25) is 0 Å². The van der Waals surface area contributed by atoms with Gasteiger partial charge in [0.25, 0.3) is 11.9 Å². The number of rotatable bonds is 2. The van der Waals surface area contributed by atoms with Crippen LogP contribution in [0.4, 0.5) is 0 Å². The average molecular weight is 265 g/mol. The zero-order valence-corrected chi connectivity index (χ0v) is 9.73. The topological polar surface area (TPSA) is 115 Å². The van der Waals surface area contributed by atoms with Crippen molar-refractivity contribution >= 4 is 35.1 Å². The number of aliphatic hydroxyl groups excluding tert-OH is 1. The third kappa shape index (κ3) is 59.4. The molecule has 4 N–H and O–H groups in total. The molecule has 0 aromatic carbocycles. The highest BCUT2D eigenvalue weighted by molar-refractivity contribution is 6.28. The van der Waals surface area contributed by atoms with Gasteiger partial charge >= 0.3 is 0 Å². The van der Waals surface area contributed by atoms with Gasteiger partial charge in [-0.25, -0.2) is 0 Å². The van der Waals surface area contributed by atoms with Gasteiger partial charge in [0.2, 0.25) is 0 Å². The van der Waals surface area contributed by atoms with Crippen molar-refractivity contribution in [2.45, 2.75) is 25.5 Å². The lowest BCUT2D eigenvalue weighted by Crippen LogP contribution is -2.20. The van der Waals surface area contributed by atoms with E-state index in [0.717, 1.165) is 13.8 Å². The number of carboxylic acids is 2. The molecule has 0 saturated heterocycles. The van der Waals surface area contributed by atoms with Gasteiger partial charge < -0.3 is 20.4 Å². The first-order valence-corrected chi connectivity index (χ1v) is 4.57. The second kappa shape index (κ2) is 13.4. The van der Waals surface area contributed by atoms with Crippen LogP contribution >= 0.6 is 23.2 Å². The minimum atomic E-state index is -1.50. The summed E-state index contributed by atoms with van der Waals surface area (Å²) in [5, 5.41) is 30.4. The van der Waals surface area contributed by atoms with E-state index in [-0.39, 0.29) is 5.88 Å². The maximum atomic E-state index is 9.00. The Morgan fingerprint density at radius 2 is 1.33 bits per heavy atom. The van der Waals surface area contributed by atoms with Crippen molar-refractivity contribution in [2.24, 2.45) is 0 Å². The molecule has 1 unspecified atom stereocenters. The van der Waals surface area contributed by atoms with Crippen LogP contribution in [0.15, 0.2) is 0 Å². The van der Waals surface area contributed by atoms with Crippen molar-refractivity contribution in [3.63, 3.8) is 0 Å². The summed E-state index contributed by atoms with van der Waals surface area (Å²) in [5.74, 6) is -1.61. The first-order chi connectivity index (χ1) is 6.64. The van der Waals surface area contributed by atoms with Crippen LogP contribution in [0.25, 0.3) is 0 Å². The molecule has 0 fully saturated rings. The first-order valence-electron chi connectivity index (χ1n) is 3.60. The molecule has 0 rings (SSSR count). The fourth-order valence-electron chi connectivity index (χ4n) is 0.0797. The van der Waals surface area contributed by atoms with E-state index in [1.807, 2.05) is 0 Å². The van der Waals surface area contributed by atoms with Gasteiger partial charge in [-0.2, -0.15) is 0 Å². The third-order valence-corrected chi connectivity index (χ3v) is 1.34. The zero-order chi connectivity index (χ0) is 13.0. The molecular weight excluding hydrogens is 251 g/mol. The Bertz CT molecular complexity index is 153. The van der Waals surface area contributed by atoms with E-state index in [4.69, 9.17) is 53.2 Å². The van der Waals surface area contributed by atoms with Gasteiger partial charge in [0.15, 0.2) is 6.29 Å². The minimum Gasteiger partial charge on any atom is -0.481 e. The van der Waals surface area contributed by atoms with E-state index >= 15 is 0 Å². The Morgan fingerprint density at radius 3 is 1.33 bits per heavy atom. The molecule has 0 heterocycles. The van der Waals surface area contributed by atoms with Crippen LogP contribution in [0.5, 0.6) is 0 Å². The lowest BCUT2D eigenvalue weighted by atomic mass is 10.5. The van der Waals surface area contributed by atoms with Crippen LogP contribution in [0.1, 0.15) is 13.8 Å². The summed E-state index contributed by atoms with van der Waals surface area (Å²) in [7, 11) is 0. The third-order valence-electron chi connectivity index (χ3n) is 0.471. The van der Waals surface area contributed by atoms with E-state index in [1.165, 1.54) is 0 Å².